The Balaban J connectivity index is 2.70. The quantitative estimate of drug-likeness (QED) is 0.742. The average molecular weight is 211 g/mol. The van der Waals surface area contributed by atoms with Crippen molar-refractivity contribution in [3.63, 3.8) is 0 Å². The molecule has 1 aromatic rings. The van der Waals surface area contributed by atoms with Gasteiger partial charge in [-0.3, -0.25) is 4.79 Å². The summed E-state index contributed by atoms with van der Waals surface area (Å²) in [5.41, 5.74) is 5.58. The third-order valence-corrected chi connectivity index (χ3v) is 3.16. The number of rotatable bonds is 4. The van der Waals surface area contributed by atoms with Crippen molar-refractivity contribution in [3.8, 4) is 0 Å². The summed E-state index contributed by atoms with van der Waals surface area (Å²) < 4.78 is 0. The zero-order chi connectivity index (χ0) is 10.6. The molecular weight excluding hydrogens is 198 g/mol. The molecule has 2 atom stereocenters. The Morgan fingerprint density at radius 1 is 1.43 bits per heavy atom. The van der Waals surface area contributed by atoms with Gasteiger partial charge in [0.15, 0.2) is 0 Å². The predicted molar refractivity (Wildman–Crippen MR) is 57.4 cm³/mol. The Morgan fingerprint density at radius 2 is 2.00 bits per heavy atom. The molecular formula is C10H13NO2S. The number of benzene rings is 1. The van der Waals surface area contributed by atoms with Gasteiger partial charge in [-0.15, -0.1) is 11.8 Å². The van der Waals surface area contributed by atoms with E-state index in [1.54, 1.807) is 6.92 Å². The highest BCUT2D eigenvalue weighted by atomic mass is 32.2. The molecule has 2 unspecified atom stereocenters. The van der Waals surface area contributed by atoms with E-state index in [-0.39, 0.29) is 6.04 Å². The number of carbonyl (C=O) groups is 1. The van der Waals surface area contributed by atoms with Crippen LogP contribution in [0.15, 0.2) is 35.2 Å². The molecule has 3 N–H and O–H groups in total. The van der Waals surface area contributed by atoms with Crippen LogP contribution in [0.25, 0.3) is 0 Å². The number of hydrogen-bond donors (Lipinski definition) is 2. The third kappa shape index (κ3) is 3.05. The smallest absolute Gasteiger partial charge is 0.318 e. The van der Waals surface area contributed by atoms with Crippen molar-refractivity contribution in [3.05, 3.63) is 30.3 Å². The number of carboxylic acid groups (broad SMARTS) is 1. The Bertz CT molecular complexity index is 300. The minimum Gasteiger partial charge on any atom is -0.480 e. The number of aliphatic carboxylic acids is 1. The van der Waals surface area contributed by atoms with Gasteiger partial charge in [0.2, 0.25) is 0 Å². The van der Waals surface area contributed by atoms with Crippen LogP contribution in [0.3, 0.4) is 0 Å². The van der Waals surface area contributed by atoms with E-state index in [0.717, 1.165) is 4.90 Å². The summed E-state index contributed by atoms with van der Waals surface area (Å²) in [6.45, 7) is 1.70. The third-order valence-electron chi connectivity index (χ3n) is 1.73. The van der Waals surface area contributed by atoms with E-state index in [0.29, 0.717) is 0 Å². The minimum absolute atomic E-state index is 0.363. The standard InChI is InChI=1S/C10H13NO2S/c1-7(11)9(10(12)13)14-8-5-3-2-4-6-8/h2-7,9H,11H2,1H3,(H,12,13). The summed E-state index contributed by atoms with van der Waals surface area (Å²) in [4.78, 5) is 11.8. The van der Waals surface area contributed by atoms with E-state index in [4.69, 9.17) is 10.8 Å². The summed E-state index contributed by atoms with van der Waals surface area (Å²) in [6.07, 6.45) is 0. The molecule has 3 nitrogen and oxygen atoms in total. The lowest BCUT2D eigenvalue weighted by Gasteiger charge is -2.15. The van der Waals surface area contributed by atoms with E-state index in [2.05, 4.69) is 0 Å². The molecule has 76 valence electrons. The second kappa shape index (κ2) is 5.02. The van der Waals surface area contributed by atoms with Gasteiger partial charge in [0, 0.05) is 10.9 Å². The largest absolute Gasteiger partial charge is 0.480 e. The van der Waals surface area contributed by atoms with Crippen LogP contribution < -0.4 is 5.73 Å². The summed E-state index contributed by atoms with van der Waals surface area (Å²) in [6, 6.07) is 9.04. The molecule has 0 spiro atoms. The molecule has 0 aliphatic carbocycles. The fourth-order valence-electron chi connectivity index (χ4n) is 1.03. The summed E-state index contributed by atoms with van der Waals surface area (Å²) in [7, 11) is 0. The van der Waals surface area contributed by atoms with Crippen LogP contribution in [0.4, 0.5) is 0 Å². The molecule has 0 saturated heterocycles. The predicted octanol–water partition coefficient (Wildman–Crippen LogP) is 1.58. The molecule has 4 heteroatoms. The van der Waals surface area contributed by atoms with Crippen molar-refractivity contribution in [1.29, 1.82) is 0 Å². The van der Waals surface area contributed by atoms with Gasteiger partial charge in [-0.1, -0.05) is 18.2 Å². The topological polar surface area (TPSA) is 63.3 Å². The van der Waals surface area contributed by atoms with Crippen LogP contribution >= 0.6 is 11.8 Å². The first-order valence-corrected chi connectivity index (χ1v) is 5.19. The SMILES string of the molecule is CC(N)C(Sc1ccccc1)C(=O)O. The number of carboxylic acids is 1. The molecule has 0 radical (unpaired) electrons. The Hall–Kier alpha value is -1.00. The minimum atomic E-state index is -0.867. The molecule has 0 aliphatic heterocycles. The summed E-state index contributed by atoms with van der Waals surface area (Å²) in [5.74, 6) is -0.867. The Kier molecular flexibility index (Phi) is 3.98. The van der Waals surface area contributed by atoms with Crippen LogP contribution in [0.2, 0.25) is 0 Å². The maximum Gasteiger partial charge on any atom is 0.318 e. The number of hydrogen-bond acceptors (Lipinski definition) is 3. The molecule has 0 aliphatic rings. The van der Waals surface area contributed by atoms with Crippen molar-refractivity contribution in [2.24, 2.45) is 5.73 Å². The molecule has 0 heterocycles. The Morgan fingerprint density at radius 3 is 2.43 bits per heavy atom. The second-order valence-corrected chi connectivity index (χ2v) is 4.26. The zero-order valence-electron chi connectivity index (χ0n) is 7.88. The van der Waals surface area contributed by atoms with Crippen LogP contribution in [-0.4, -0.2) is 22.4 Å². The van der Waals surface area contributed by atoms with E-state index >= 15 is 0 Å². The molecule has 1 aromatic carbocycles. The van der Waals surface area contributed by atoms with Gasteiger partial charge in [-0.25, -0.2) is 0 Å². The van der Waals surface area contributed by atoms with Crippen LogP contribution in [0.5, 0.6) is 0 Å². The van der Waals surface area contributed by atoms with E-state index in [9.17, 15) is 4.79 Å². The lowest BCUT2D eigenvalue weighted by atomic mass is 10.2. The lowest BCUT2D eigenvalue weighted by Crippen LogP contribution is -2.35. The highest BCUT2D eigenvalue weighted by molar-refractivity contribution is 8.00. The van der Waals surface area contributed by atoms with Crippen LogP contribution in [-0.2, 0) is 4.79 Å². The Labute approximate surface area is 87.3 Å². The first-order valence-electron chi connectivity index (χ1n) is 4.31. The highest BCUT2D eigenvalue weighted by Gasteiger charge is 2.22. The average Bonchev–Trinajstić information content (AvgIpc) is 2.15. The summed E-state index contributed by atoms with van der Waals surface area (Å²) >= 11 is 1.28. The molecule has 1 rings (SSSR count). The van der Waals surface area contributed by atoms with Crippen molar-refractivity contribution < 1.29 is 9.90 Å². The van der Waals surface area contributed by atoms with Gasteiger partial charge in [0.25, 0.3) is 0 Å². The fourth-order valence-corrected chi connectivity index (χ4v) is 1.95. The van der Waals surface area contributed by atoms with Gasteiger partial charge in [-0.2, -0.15) is 0 Å². The molecule has 0 saturated carbocycles. The lowest BCUT2D eigenvalue weighted by molar-refractivity contribution is -0.136. The number of nitrogens with two attached hydrogens (primary N) is 1. The normalized spacial score (nSPS) is 14.7. The van der Waals surface area contributed by atoms with E-state index in [1.807, 2.05) is 30.3 Å². The fraction of sp³-hybridized carbons (Fsp3) is 0.300. The van der Waals surface area contributed by atoms with Gasteiger partial charge in [-0.05, 0) is 19.1 Å². The van der Waals surface area contributed by atoms with Gasteiger partial charge >= 0.3 is 5.97 Å². The van der Waals surface area contributed by atoms with Crippen molar-refractivity contribution >= 4 is 17.7 Å². The molecule has 0 aromatic heterocycles. The van der Waals surface area contributed by atoms with Gasteiger partial charge < -0.3 is 10.8 Å². The van der Waals surface area contributed by atoms with Gasteiger partial charge in [0.1, 0.15) is 5.25 Å². The van der Waals surface area contributed by atoms with E-state index < -0.39 is 11.2 Å². The second-order valence-electron chi connectivity index (χ2n) is 3.05. The molecule has 14 heavy (non-hydrogen) atoms. The van der Waals surface area contributed by atoms with Gasteiger partial charge in [0.05, 0.1) is 0 Å². The van der Waals surface area contributed by atoms with Crippen molar-refractivity contribution in [2.45, 2.75) is 23.1 Å². The highest BCUT2D eigenvalue weighted by Crippen LogP contribution is 2.24. The van der Waals surface area contributed by atoms with Crippen molar-refractivity contribution in [1.82, 2.24) is 0 Å². The molecule has 0 bridgehead atoms. The van der Waals surface area contributed by atoms with E-state index in [1.165, 1.54) is 11.8 Å². The zero-order valence-corrected chi connectivity index (χ0v) is 8.70. The number of thioether (sulfide) groups is 1. The molecule has 0 fully saturated rings. The summed E-state index contributed by atoms with van der Waals surface area (Å²) in [5, 5.41) is 8.32. The first-order chi connectivity index (χ1) is 6.61. The van der Waals surface area contributed by atoms with Crippen LogP contribution in [0, 0.1) is 0 Å². The van der Waals surface area contributed by atoms with Crippen LogP contribution in [0.1, 0.15) is 6.92 Å². The monoisotopic (exact) mass is 211 g/mol. The maximum atomic E-state index is 10.8. The molecule has 0 amide bonds. The van der Waals surface area contributed by atoms with Crippen molar-refractivity contribution in [2.75, 3.05) is 0 Å². The first kappa shape index (κ1) is 11.1. The maximum absolute atomic E-state index is 10.8.